The van der Waals surface area contributed by atoms with Crippen molar-refractivity contribution in [2.45, 2.75) is 13.5 Å². The van der Waals surface area contributed by atoms with Crippen LogP contribution in [0.4, 0.5) is 21.8 Å². The predicted octanol–water partition coefficient (Wildman–Crippen LogP) is 4.33. The fourth-order valence-electron chi connectivity index (χ4n) is 2.10. The summed E-state index contributed by atoms with van der Waals surface area (Å²) in [7, 11) is 0. The number of halogens is 2. The average Bonchev–Trinajstić information content (AvgIpc) is 2.57. The highest BCUT2D eigenvalue weighted by Gasteiger charge is 2.05. The van der Waals surface area contributed by atoms with Gasteiger partial charge in [0.15, 0.2) is 0 Å². The van der Waals surface area contributed by atoms with Crippen molar-refractivity contribution in [3.05, 3.63) is 70.9 Å². The highest BCUT2D eigenvalue weighted by atomic mass is 35.5. The zero-order valence-electron chi connectivity index (χ0n) is 12.9. The van der Waals surface area contributed by atoms with E-state index in [1.807, 2.05) is 31.2 Å². The van der Waals surface area contributed by atoms with Gasteiger partial charge in [-0.25, -0.2) is 9.37 Å². The third kappa shape index (κ3) is 4.17. The van der Waals surface area contributed by atoms with Crippen molar-refractivity contribution in [2.75, 3.05) is 10.6 Å². The van der Waals surface area contributed by atoms with E-state index < -0.39 is 5.82 Å². The minimum atomic E-state index is -0.468. The monoisotopic (exact) mass is 343 g/mol. The first kappa shape index (κ1) is 16.1. The summed E-state index contributed by atoms with van der Waals surface area (Å²) in [6.45, 7) is 2.43. The first-order chi connectivity index (χ1) is 11.6. The summed E-state index contributed by atoms with van der Waals surface area (Å²) in [4.78, 5) is 13.0. The predicted molar refractivity (Wildman–Crippen MR) is 93.0 cm³/mol. The SMILES string of the molecule is Cc1cc(NCc2ccccn2)nc(Nc2ccc(F)c(Cl)c2)n1. The number of aromatic nitrogens is 3. The Hall–Kier alpha value is -2.73. The van der Waals surface area contributed by atoms with Crippen LogP contribution in [0.2, 0.25) is 5.02 Å². The average molecular weight is 344 g/mol. The van der Waals surface area contributed by atoms with Crippen molar-refractivity contribution in [1.29, 1.82) is 0 Å². The van der Waals surface area contributed by atoms with Gasteiger partial charge in [-0.15, -0.1) is 0 Å². The molecule has 122 valence electrons. The Labute approximate surface area is 144 Å². The van der Waals surface area contributed by atoms with Gasteiger partial charge in [0.05, 0.1) is 17.3 Å². The maximum atomic E-state index is 13.2. The van der Waals surface area contributed by atoms with Crippen LogP contribution in [-0.4, -0.2) is 15.0 Å². The Morgan fingerprint density at radius 2 is 2.00 bits per heavy atom. The molecule has 5 nitrogen and oxygen atoms in total. The van der Waals surface area contributed by atoms with Crippen LogP contribution in [-0.2, 0) is 6.54 Å². The van der Waals surface area contributed by atoms with E-state index in [9.17, 15) is 4.39 Å². The van der Waals surface area contributed by atoms with Gasteiger partial charge in [-0.2, -0.15) is 4.98 Å². The quantitative estimate of drug-likeness (QED) is 0.722. The highest BCUT2D eigenvalue weighted by molar-refractivity contribution is 6.31. The van der Waals surface area contributed by atoms with Crippen molar-refractivity contribution in [1.82, 2.24) is 15.0 Å². The molecular formula is C17H15ClFN5. The molecule has 1 aromatic carbocycles. The summed E-state index contributed by atoms with van der Waals surface area (Å²) in [6.07, 6.45) is 1.74. The van der Waals surface area contributed by atoms with E-state index in [-0.39, 0.29) is 5.02 Å². The molecule has 0 saturated carbocycles. The number of nitrogens with zero attached hydrogens (tertiary/aromatic N) is 3. The smallest absolute Gasteiger partial charge is 0.229 e. The molecule has 7 heteroatoms. The van der Waals surface area contributed by atoms with Crippen molar-refractivity contribution in [3.63, 3.8) is 0 Å². The van der Waals surface area contributed by atoms with E-state index in [0.717, 1.165) is 11.4 Å². The van der Waals surface area contributed by atoms with Gasteiger partial charge >= 0.3 is 0 Å². The van der Waals surface area contributed by atoms with E-state index in [4.69, 9.17) is 11.6 Å². The lowest BCUT2D eigenvalue weighted by molar-refractivity contribution is 0.628. The van der Waals surface area contributed by atoms with E-state index >= 15 is 0 Å². The molecule has 0 radical (unpaired) electrons. The molecule has 0 fully saturated rings. The van der Waals surface area contributed by atoms with Gasteiger partial charge in [-0.05, 0) is 37.3 Å². The Bertz CT molecular complexity index is 842. The number of nitrogens with one attached hydrogen (secondary N) is 2. The molecule has 0 atom stereocenters. The molecule has 2 aromatic heterocycles. The molecule has 3 rings (SSSR count). The summed E-state index contributed by atoms with van der Waals surface area (Å²) < 4.78 is 13.2. The molecule has 0 unspecified atom stereocenters. The second kappa shape index (κ2) is 7.23. The molecule has 3 aromatic rings. The number of pyridine rings is 1. The Kier molecular flexibility index (Phi) is 4.86. The zero-order chi connectivity index (χ0) is 16.9. The summed E-state index contributed by atoms with van der Waals surface area (Å²) in [6, 6.07) is 11.9. The maximum absolute atomic E-state index is 13.2. The molecule has 0 aliphatic rings. The fourth-order valence-corrected chi connectivity index (χ4v) is 2.28. The second-order valence-corrected chi connectivity index (χ2v) is 5.55. The highest BCUT2D eigenvalue weighted by Crippen LogP contribution is 2.22. The molecule has 0 saturated heterocycles. The van der Waals surface area contributed by atoms with E-state index in [1.165, 1.54) is 12.1 Å². The summed E-state index contributed by atoms with van der Waals surface area (Å²) in [5.41, 5.74) is 2.32. The van der Waals surface area contributed by atoms with Gasteiger partial charge < -0.3 is 10.6 Å². The molecular weight excluding hydrogens is 329 g/mol. The zero-order valence-corrected chi connectivity index (χ0v) is 13.7. The van der Waals surface area contributed by atoms with Crippen LogP contribution >= 0.6 is 11.6 Å². The van der Waals surface area contributed by atoms with Crippen LogP contribution < -0.4 is 10.6 Å². The number of rotatable bonds is 5. The van der Waals surface area contributed by atoms with Gasteiger partial charge in [0, 0.05) is 23.6 Å². The van der Waals surface area contributed by atoms with Gasteiger partial charge in [0.25, 0.3) is 0 Å². The number of benzene rings is 1. The fraction of sp³-hybridized carbons (Fsp3) is 0.118. The van der Waals surface area contributed by atoms with Crippen LogP contribution in [0.25, 0.3) is 0 Å². The minimum Gasteiger partial charge on any atom is -0.364 e. The molecule has 0 aliphatic carbocycles. The second-order valence-electron chi connectivity index (χ2n) is 5.15. The molecule has 2 N–H and O–H groups in total. The molecule has 0 bridgehead atoms. The molecule has 24 heavy (non-hydrogen) atoms. The largest absolute Gasteiger partial charge is 0.364 e. The number of anilines is 3. The van der Waals surface area contributed by atoms with Gasteiger partial charge in [-0.3, -0.25) is 4.98 Å². The normalized spacial score (nSPS) is 10.5. The summed E-state index contributed by atoms with van der Waals surface area (Å²) in [5, 5.41) is 6.27. The van der Waals surface area contributed by atoms with Crippen molar-refractivity contribution >= 4 is 29.1 Å². The third-order valence-corrected chi connectivity index (χ3v) is 3.50. The van der Waals surface area contributed by atoms with Crippen LogP contribution in [0, 0.1) is 12.7 Å². The van der Waals surface area contributed by atoms with Crippen molar-refractivity contribution in [3.8, 4) is 0 Å². The molecule has 0 aliphatic heterocycles. The Morgan fingerprint density at radius 3 is 2.75 bits per heavy atom. The first-order valence-corrected chi connectivity index (χ1v) is 7.69. The van der Waals surface area contributed by atoms with Crippen LogP contribution in [0.15, 0.2) is 48.7 Å². The van der Waals surface area contributed by atoms with Crippen LogP contribution in [0.3, 0.4) is 0 Å². The van der Waals surface area contributed by atoms with Crippen molar-refractivity contribution in [2.24, 2.45) is 0 Å². The number of aryl methyl sites for hydroxylation is 1. The summed E-state index contributed by atoms with van der Waals surface area (Å²) in [5.74, 6) is 0.607. The van der Waals surface area contributed by atoms with Crippen molar-refractivity contribution < 1.29 is 4.39 Å². The Balaban J connectivity index is 1.74. The maximum Gasteiger partial charge on any atom is 0.229 e. The summed E-state index contributed by atoms with van der Waals surface area (Å²) >= 11 is 5.79. The number of hydrogen-bond acceptors (Lipinski definition) is 5. The third-order valence-electron chi connectivity index (χ3n) is 3.21. The van der Waals surface area contributed by atoms with E-state index in [1.54, 1.807) is 12.3 Å². The topological polar surface area (TPSA) is 62.7 Å². The van der Waals surface area contributed by atoms with Gasteiger partial charge in [-0.1, -0.05) is 17.7 Å². The number of hydrogen-bond donors (Lipinski definition) is 2. The molecule has 2 heterocycles. The lowest BCUT2D eigenvalue weighted by Crippen LogP contribution is -2.06. The van der Waals surface area contributed by atoms with Crippen LogP contribution in [0.1, 0.15) is 11.4 Å². The van der Waals surface area contributed by atoms with E-state index in [2.05, 4.69) is 25.6 Å². The molecule has 0 spiro atoms. The van der Waals surface area contributed by atoms with Gasteiger partial charge in [0.1, 0.15) is 11.6 Å². The molecule has 0 amide bonds. The first-order valence-electron chi connectivity index (χ1n) is 7.32. The van der Waals surface area contributed by atoms with Gasteiger partial charge in [0.2, 0.25) is 5.95 Å². The lowest BCUT2D eigenvalue weighted by atomic mass is 10.3. The van der Waals surface area contributed by atoms with E-state index in [0.29, 0.717) is 24.0 Å². The Morgan fingerprint density at radius 1 is 1.12 bits per heavy atom. The lowest BCUT2D eigenvalue weighted by Gasteiger charge is -2.10. The van der Waals surface area contributed by atoms with Crippen LogP contribution in [0.5, 0.6) is 0 Å². The standard InChI is InChI=1S/C17H15ClFN5/c1-11-8-16(21-10-13-4-2-3-7-20-13)24-17(22-11)23-12-5-6-15(19)14(18)9-12/h2-9H,10H2,1H3,(H2,21,22,23,24). The minimum absolute atomic E-state index is 0.0427.